The Balaban J connectivity index is 1.81. The van der Waals surface area contributed by atoms with Gasteiger partial charge in [0.1, 0.15) is 12.1 Å². The molecule has 5 atom stereocenters. The number of likely N-dealkylation sites (N-methyl/N-ethyl adjacent to an activating group) is 1. The van der Waals surface area contributed by atoms with Crippen LogP contribution >= 0.6 is 0 Å². The summed E-state index contributed by atoms with van der Waals surface area (Å²) in [7, 11) is 0.714. The molecule has 47 heavy (non-hydrogen) atoms. The summed E-state index contributed by atoms with van der Waals surface area (Å²) in [4.78, 5) is 43.1. The lowest BCUT2D eigenvalue weighted by Gasteiger charge is -2.44. The van der Waals surface area contributed by atoms with E-state index in [0.717, 1.165) is 57.8 Å². The van der Waals surface area contributed by atoms with Gasteiger partial charge in [-0.05, 0) is 55.9 Å². The predicted octanol–water partition coefficient (Wildman–Crippen LogP) is 4.14. The van der Waals surface area contributed by atoms with Gasteiger partial charge in [-0.3, -0.25) is 14.4 Å². The first-order valence-corrected chi connectivity index (χ1v) is 19.0. The number of likely N-dealkylation sites (tertiary alicyclic amines) is 1. The Kier molecular flexibility index (Phi) is 14.1. The highest BCUT2D eigenvalue weighted by molar-refractivity contribution is 7.81. The Morgan fingerprint density at radius 3 is 2.23 bits per heavy atom. The van der Waals surface area contributed by atoms with Crippen LogP contribution in [0.15, 0.2) is 37.2 Å². The summed E-state index contributed by atoms with van der Waals surface area (Å²) in [6.07, 6.45) is 13.6. The maximum absolute atomic E-state index is 14.6. The maximum Gasteiger partial charge on any atom is 0.248 e. The topological polar surface area (TPSA) is 123 Å². The van der Waals surface area contributed by atoms with Crippen LogP contribution in [0.1, 0.15) is 98.3 Å². The van der Waals surface area contributed by atoms with Crippen molar-refractivity contribution in [2.24, 2.45) is 16.7 Å². The van der Waals surface area contributed by atoms with Crippen LogP contribution in [0.25, 0.3) is 0 Å². The molecule has 0 aromatic heterocycles. The number of rotatable bonds is 17. The first-order chi connectivity index (χ1) is 22.1. The summed E-state index contributed by atoms with van der Waals surface area (Å²) in [5.74, 6) is 0.378. The summed E-state index contributed by atoms with van der Waals surface area (Å²) in [5.41, 5.74) is -0.148. The van der Waals surface area contributed by atoms with Crippen molar-refractivity contribution in [1.29, 1.82) is 0 Å². The molecule has 3 amide bonds. The molecule has 0 aromatic carbocycles. The van der Waals surface area contributed by atoms with Gasteiger partial charge in [0.05, 0.1) is 22.8 Å². The minimum absolute atomic E-state index is 0.0824. The van der Waals surface area contributed by atoms with Crippen molar-refractivity contribution in [2.75, 3.05) is 32.9 Å². The Bertz CT molecular complexity index is 1170. The van der Waals surface area contributed by atoms with Crippen LogP contribution in [-0.2, 0) is 25.4 Å². The summed E-state index contributed by atoms with van der Waals surface area (Å²) in [6.45, 7) is 21.9. The quantitative estimate of drug-likeness (QED) is 0.136. The molecule has 1 heterocycles. The zero-order valence-electron chi connectivity index (χ0n) is 29.9. The minimum Gasteiger partial charge on any atom is -0.368 e. The molecule has 5 unspecified atom stereocenters. The molecule has 0 aromatic rings. The molecule has 3 rings (SSSR count). The minimum atomic E-state index is -1.12. The monoisotopic (exact) mass is 674 g/mol. The van der Waals surface area contributed by atoms with Gasteiger partial charge < -0.3 is 26.2 Å². The Hall–Kier alpha value is -2.66. The van der Waals surface area contributed by atoms with Gasteiger partial charge in [0.25, 0.3) is 0 Å². The van der Waals surface area contributed by atoms with Crippen LogP contribution in [0.4, 0.5) is 0 Å². The lowest BCUT2D eigenvalue weighted by molar-refractivity contribution is -0.143. The fraction of sp³-hybridized carbons (Fsp3) is 0.750. The first kappa shape index (κ1) is 38.8. The summed E-state index contributed by atoms with van der Waals surface area (Å²) in [6, 6.07) is -1.77. The van der Waals surface area contributed by atoms with Crippen molar-refractivity contribution in [3.05, 3.63) is 37.2 Å². The van der Waals surface area contributed by atoms with Gasteiger partial charge in [-0.2, -0.15) is 0 Å². The van der Waals surface area contributed by atoms with E-state index in [1.54, 1.807) is 21.5 Å². The van der Waals surface area contributed by atoms with Crippen LogP contribution in [0, 0.1) is 16.7 Å². The molecule has 1 saturated heterocycles. The summed E-state index contributed by atoms with van der Waals surface area (Å²) >= 11 is 0. The van der Waals surface area contributed by atoms with Crippen LogP contribution in [0.3, 0.4) is 0 Å². The third-order valence-electron chi connectivity index (χ3n) is 10.6. The van der Waals surface area contributed by atoms with Crippen molar-refractivity contribution < 1.29 is 18.6 Å². The zero-order chi connectivity index (χ0) is 34.9. The van der Waals surface area contributed by atoms with Gasteiger partial charge in [0, 0.05) is 37.5 Å². The van der Waals surface area contributed by atoms with Gasteiger partial charge in [-0.25, -0.2) is 8.51 Å². The van der Waals surface area contributed by atoms with Gasteiger partial charge in [0.2, 0.25) is 17.7 Å². The second-order valence-electron chi connectivity index (χ2n) is 15.4. The van der Waals surface area contributed by atoms with E-state index in [-0.39, 0.29) is 34.6 Å². The number of nitrogens with one attached hydrogen (secondary N) is 4. The second-order valence-corrected chi connectivity index (χ2v) is 16.8. The largest absolute Gasteiger partial charge is 0.368 e. The molecule has 10 nitrogen and oxygen atoms in total. The summed E-state index contributed by atoms with van der Waals surface area (Å²) in [5, 5.41) is 13.0. The van der Waals surface area contributed by atoms with E-state index in [1.807, 2.05) is 7.05 Å². The van der Waals surface area contributed by atoms with Gasteiger partial charge in [0.15, 0.2) is 0 Å². The maximum atomic E-state index is 14.6. The molecule has 1 aliphatic heterocycles. The fourth-order valence-electron chi connectivity index (χ4n) is 7.03. The molecular formula is C36H62N6O4S. The molecule has 0 bridgehead atoms. The Labute approximate surface area is 286 Å². The van der Waals surface area contributed by atoms with E-state index >= 15 is 0 Å². The highest BCUT2D eigenvalue weighted by atomic mass is 32.2. The molecule has 2 saturated carbocycles. The molecule has 4 N–H and O–H groups in total. The van der Waals surface area contributed by atoms with Crippen molar-refractivity contribution >= 4 is 28.7 Å². The van der Waals surface area contributed by atoms with Gasteiger partial charge in [-0.15, -0.1) is 6.58 Å². The van der Waals surface area contributed by atoms with Crippen LogP contribution < -0.4 is 21.3 Å². The van der Waals surface area contributed by atoms with Crippen molar-refractivity contribution in [1.82, 2.24) is 30.5 Å². The molecule has 0 spiro atoms. The predicted molar refractivity (Wildman–Crippen MR) is 191 cm³/mol. The third-order valence-corrected chi connectivity index (χ3v) is 11.6. The molecule has 11 heteroatoms. The van der Waals surface area contributed by atoms with Crippen molar-refractivity contribution in [3.8, 4) is 0 Å². The van der Waals surface area contributed by atoms with Crippen LogP contribution in [0.5, 0.6) is 0 Å². The normalized spacial score (nSPS) is 22.3. The van der Waals surface area contributed by atoms with Crippen molar-refractivity contribution in [3.63, 3.8) is 0 Å². The molecular weight excluding hydrogens is 613 g/mol. The van der Waals surface area contributed by atoms with E-state index in [9.17, 15) is 18.6 Å². The standard InChI is InChI=1S/C36H62N6O4S/c1-10-21-37-32(43)25(2)28(23-27-16-14-17-27)40-33(44)29-18-15-22-42(29)34(45)31(36(7)19-12-11-13-20-36)39-26(3)38-30(35(4,5)6)24-41(8)47(9)46/h10,27-31,38-39H,1-3,11-24H2,4-9H3,(H,37,43)(H,40,44). The van der Waals surface area contributed by atoms with E-state index < -0.39 is 29.1 Å². The van der Waals surface area contributed by atoms with E-state index in [2.05, 4.69) is 68.7 Å². The number of nitrogens with zero attached hydrogens (tertiary/aromatic N) is 2. The SMILES string of the molecule is C=CCNC(=O)C(=C)C(CC1CCC1)NC(=O)C1CCCN1C(=O)C(NC(=C)NC(CN(C)S(C)=O)C(C)(C)C)C1(C)CCCCC1. The molecule has 2 aliphatic carbocycles. The average Bonchev–Trinajstić information content (AvgIpc) is 3.48. The zero-order valence-corrected chi connectivity index (χ0v) is 30.7. The number of hydrogen-bond donors (Lipinski definition) is 4. The lowest BCUT2D eigenvalue weighted by Crippen LogP contribution is -2.60. The lowest BCUT2D eigenvalue weighted by atomic mass is 9.70. The van der Waals surface area contributed by atoms with E-state index in [1.165, 1.54) is 0 Å². The van der Waals surface area contributed by atoms with E-state index in [0.29, 0.717) is 49.8 Å². The molecule has 0 radical (unpaired) electrons. The Morgan fingerprint density at radius 2 is 1.68 bits per heavy atom. The smallest absolute Gasteiger partial charge is 0.248 e. The van der Waals surface area contributed by atoms with Crippen LogP contribution in [0.2, 0.25) is 0 Å². The number of carbonyl (C=O) groups excluding carboxylic acids is 3. The second kappa shape index (κ2) is 17.1. The highest BCUT2D eigenvalue weighted by Gasteiger charge is 2.46. The van der Waals surface area contributed by atoms with Crippen molar-refractivity contribution in [2.45, 2.75) is 122 Å². The molecule has 266 valence electrons. The van der Waals surface area contributed by atoms with Crippen LogP contribution in [-0.4, -0.2) is 88.2 Å². The third kappa shape index (κ3) is 10.7. The van der Waals surface area contributed by atoms with E-state index in [4.69, 9.17) is 0 Å². The number of amides is 3. The average molecular weight is 675 g/mol. The number of hydrogen-bond acceptors (Lipinski definition) is 6. The van der Waals surface area contributed by atoms with Gasteiger partial charge in [-0.1, -0.05) is 85.5 Å². The number of carbonyl (C=O) groups is 3. The first-order valence-electron chi connectivity index (χ1n) is 17.5. The Morgan fingerprint density at radius 1 is 1.02 bits per heavy atom. The molecule has 3 fully saturated rings. The van der Waals surface area contributed by atoms with Gasteiger partial charge >= 0.3 is 0 Å². The fourth-order valence-corrected chi connectivity index (χ4v) is 7.39. The summed E-state index contributed by atoms with van der Waals surface area (Å²) < 4.78 is 13.9. The highest BCUT2D eigenvalue weighted by Crippen LogP contribution is 2.40. The molecule has 3 aliphatic rings.